The molecule has 0 saturated carbocycles. The van der Waals surface area contributed by atoms with E-state index in [0.717, 1.165) is 5.69 Å². The number of carbonyl (C=O) groups is 1. The van der Waals surface area contributed by atoms with E-state index in [1.807, 2.05) is 11.0 Å². The predicted molar refractivity (Wildman–Crippen MR) is 106 cm³/mol. The molecule has 1 aromatic carbocycles. The molecular weight excluding hydrogens is 366 g/mol. The molecule has 2 amide bonds. The van der Waals surface area contributed by atoms with E-state index in [9.17, 15) is 13.2 Å². The molecule has 2 heterocycles. The molecule has 2 fully saturated rings. The summed E-state index contributed by atoms with van der Waals surface area (Å²) < 4.78 is 24.9. The number of amides is 2. The summed E-state index contributed by atoms with van der Waals surface area (Å²) >= 11 is 0. The average molecular weight is 394 g/mol. The molecule has 2 aliphatic heterocycles. The van der Waals surface area contributed by atoms with Crippen LogP contribution in [0.2, 0.25) is 0 Å². The van der Waals surface area contributed by atoms with E-state index in [2.05, 4.69) is 6.92 Å². The molecule has 27 heavy (non-hydrogen) atoms. The number of nitrogen functional groups attached to an aromatic ring is 1. The minimum Gasteiger partial charge on any atom is -0.384 e. The van der Waals surface area contributed by atoms with Crippen LogP contribution in [0.3, 0.4) is 0 Å². The van der Waals surface area contributed by atoms with Crippen molar-refractivity contribution >= 4 is 27.6 Å². The summed E-state index contributed by atoms with van der Waals surface area (Å²) in [5.74, 6) is 0.260. The van der Waals surface area contributed by atoms with Crippen molar-refractivity contribution in [2.45, 2.75) is 25.8 Å². The highest BCUT2D eigenvalue weighted by atomic mass is 32.2. The van der Waals surface area contributed by atoms with Gasteiger partial charge in [-0.3, -0.25) is 10.3 Å². The third-order valence-corrected chi connectivity index (χ3v) is 6.58. The third kappa shape index (κ3) is 4.24. The summed E-state index contributed by atoms with van der Waals surface area (Å²) in [6, 6.07) is 7.15. The predicted octanol–water partition coefficient (Wildman–Crippen LogP) is 1.27. The molecule has 0 spiro atoms. The molecule has 8 nitrogen and oxygen atoms in total. The minimum absolute atomic E-state index is 0.0284. The number of carbonyl (C=O) groups excluding carboxylic acids is 1. The Bertz CT molecular complexity index is 833. The number of urea groups is 1. The molecule has 0 radical (unpaired) electrons. The SMILES string of the molecule is CC1CN(c2cccc(C(=N)N)c2)C(=O)N(C2CCN(S(C)(=O)=O)CC2)C1. The Morgan fingerprint density at radius 3 is 2.48 bits per heavy atom. The van der Waals surface area contributed by atoms with E-state index in [-0.39, 0.29) is 23.8 Å². The average Bonchev–Trinajstić information content (AvgIpc) is 2.63. The van der Waals surface area contributed by atoms with Gasteiger partial charge >= 0.3 is 6.03 Å². The Kier molecular flexibility index (Phi) is 5.43. The Balaban J connectivity index is 1.77. The number of nitrogens with zero attached hydrogens (tertiary/aromatic N) is 3. The van der Waals surface area contributed by atoms with Gasteiger partial charge in [-0.15, -0.1) is 0 Å². The van der Waals surface area contributed by atoms with Crippen LogP contribution in [0.4, 0.5) is 10.5 Å². The van der Waals surface area contributed by atoms with Crippen molar-refractivity contribution in [2.24, 2.45) is 11.7 Å². The minimum atomic E-state index is -3.18. The largest absolute Gasteiger partial charge is 0.384 e. The highest BCUT2D eigenvalue weighted by Crippen LogP contribution is 2.28. The van der Waals surface area contributed by atoms with Gasteiger partial charge < -0.3 is 10.6 Å². The number of benzene rings is 1. The lowest BCUT2D eigenvalue weighted by molar-refractivity contribution is 0.127. The standard InChI is InChI=1S/C18H27N5O3S/c1-13-11-22(15-6-8-21(9-7-15)27(2,25)26)18(24)23(12-13)16-5-3-4-14(10-16)17(19)20/h3-5,10,13,15H,6-9,11-12H2,1-2H3,(H3,19,20). The second kappa shape index (κ2) is 7.47. The number of rotatable bonds is 4. The lowest BCUT2D eigenvalue weighted by Gasteiger charge is -2.45. The number of hydrogen-bond acceptors (Lipinski definition) is 4. The van der Waals surface area contributed by atoms with Crippen molar-refractivity contribution in [3.63, 3.8) is 0 Å². The van der Waals surface area contributed by atoms with E-state index in [0.29, 0.717) is 44.6 Å². The summed E-state index contributed by atoms with van der Waals surface area (Å²) in [6.07, 6.45) is 2.52. The van der Waals surface area contributed by atoms with Gasteiger partial charge in [0.05, 0.1) is 6.26 Å². The maximum absolute atomic E-state index is 13.2. The van der Waals surface area contributed by atoms with Crippen molar-refractivity contribution in [1.29, 1.82) is 5.41 Å². The van der Waals surface area contributed by atoms with Crippen LogP contribution in [0, 0.1) is 11.3 Å². The second-order valence-electron chi connectivity index (χ2n) is 7.51. The highest BCUT2D eigenvalue weighted by Gasteiger charge is 2.37. The third-order valence-electron chi connectivity index (χ3n) is 5.28. The topological polar surface area (TPSA) is 111 Å². The highest BCUT2D eigenvalue weighted by molar-refractivity contribution is 7.88. The Morgan fingerprint density at radius 2 is 1.89 bits per heavy atom. The van der Waals surface area contributed by atoms with Gasteiger partial charge in [-0.1, -0.05) is 19.1 Å². The summed E-state index contributed by atoms with van der Waals surface area (Å²) in [5, 5.41) is 7.62. The number of anilines is 1. The van der Waals surface area contributed by atoms with Gasteiger partial charge in [0.25, 0.3) is 0 Å². The van der Waals surface area contributed by atoms with Crippen molar-refractivity contribution in [1.82, 2.24) is 9.21 Å². The molecule has 2 saturated heterocycles. The van der Waals surface area contributed by atoms with Gasteiger partial charge in [-0.2, -0.15) is 0 Å². The zero-order chi connectivity index (χ0) is 19.8. The Morgan fingerprint density at radius 1 is 1.22 bits per heavy atom. The molecule has 3 N–H and O–H groups in total. The van der Waals surface area contributed by atoms with Crippen LogP contribution in [0.15, 0.2) is 24.3 Å². The first-order valence-electron chi connectivity index (χ1n) is 9.14. The molecule has 1 unspecified atom stereocenters. The van der Waals surface area contributed by atoms with Crippen LogP contribution in [0.5, 0.6) is 0 Å². The van der Waals surface area contributed by atoms with Crippen LogP contribution >= 0.6 is 0 Å². The van der Waals surface area contributed by atoms with Gasteiger partial charge in [0, 0.05) is 43.5 Å². The van der Waals surface area contributed by atoms with E-state index in [1.165, 1.54) is 10.6 Å². The van der Waals surface area contributed by atoms with E-state index in [1.54, 1.807) is 23.1 Å². The molecule has 9 heteroatoms. The van der Waals surface area contributed by atoms with Gasteiger partial charge in [0.2, 0.25) is 10.0 Å². The Hall–Kier alpha value is -2.13. The number of amidine groups is 1. The lowest BCUT2D eigenvalue weighted by atomic mass is 10.00. The molecule has 3 rings (SSSR count). The number of piperidine rings is 1. The number of nitrogens with two attached hydrogens (primary N) is 1. The Labute approximate surface area is 160 Å². The van der Waals surface area contributed by atoms with Crippen LogP contribution in [-0.2, 0) is 10.0 Å². The quantitative estimate of drug-likeness (QED) is 0.593. The van der Waals surface area contributed by atoms with E-state index in [4.69, 9.17) is 11.1 Å². The summed E-state index contributed by atoms with van der Waals surface area (Å²) in [6.45, 7) is 4.28. The van der Waals surface area contributed by atoms with Gasteiger partial charge in [0.1, 0.15) is 5.84 Å². The van der Waals surface area contributed by atoms with Crippen molar-refractivity contribution in [3.05, 3.63) is 29.8 Å². The van der Waals surface area contributed by atoms with Crippen molar-refractivity contribution in [3.8, 4) is 0 Å². The van der Waals surface area contributed by atoms with Gasteiger partial charge in [0.15, 0.2) is 0 Å². The molecular formula is C18H27N5O3S. The first-order chi connectivity index (χ1) is 12.7. The first-order valence-corrected chi connectivity index (χ1v) is 11.0. The van der Waals surface area contributed by atoms with Gasteiger partial charge in [-0.25, -0.2) is 17.5 Å². The fourth-order valence-corrected chi connectivity index (χ4v) is 4.74. The molecule has 1 aromatic rings. The van der Waals surface area contributed by atoms with E-state index < -0.39 is 10.0 Å². The fraction of sp³-hybridized carbons (Fsp3) is 0.556. The van der Waals surface area contributed by atoms with Crippen molar-refractivity contribution in [2.75, 3.05) is 37.3 Å². The van der Waals surface area contributed by atoms with Crippen LogP contribution in [0.25, 0.3) is 0 Å². The first kappa shape index (κ1) is 19.6. The summed E-state index contributed by atoms with van der Waals surface area (Å²) in [4.78, 5) is 16.8. The normalized spacial score (nSPS) is 22.9. The smallest absolute Gasteiger partial charge is 0.324 e. The molecule has 1 atom stereocenters. The number of hydrogen-bond donors (Lipinski definition) is 2. The molecule has 148 valence electrons. The molecule has 2 aliphatic rings. The van der Waals surface area contributed by atoms with Crippen LogP contribution in [-0.4, -0.2) is 68.0 Å². The van der Waals surface area contributed by atoms with Crippen LogP contribution < -0.4 is 10.6 Å². The zero-order valence-electron chi connectivity index (χ0n) is 15.8. The van der Waals surface area contributed by atoms with Crippen LogP contribution in [0.1, 0.15) is 25.3 Å². The maximum atomic E-state index is 13.2. The maximum Gasteiger partial charge on any atom is 0.324 e. The fourth-order valence-electron chi connectivity index (χ4n) is 3.86. The monoisotopic (exact) mass is 393 g/mol. The number of sulfonamides is 1. The van der Waals surface area contributed by atoms with Crippen molar-refractivity contribution < 1.29 is 13.2 Å². The summed E-state index contributed by atoms with van der Waals surface area (Å²) in [5.41, 5.74) is 6.91. The molecule has 0 aromatic heterocycles. The number of nitrogens with one attached hydrogen (secondary N) is 1. The lowest BCUT2D eigenvalue weighted by Crippen LogP contribution is -2.58. The van der Waals surface area contributed by atoms with Gasteiger partial charge in [-0.05, 0) is 30.9 Å². The second-order valence-corrected chi connectivity index (χ2v) is 9.49. The van der Waals surface area contributed by atoms with E-state index >= 15 is 0 Å². The molecule has 0 aliphatic carbocycles. The summed E-state index contributed by atoms with van der Waals surface area (Å²) in [7, 11) is -3.18. The zero-order valence-corrected chi connectivity index (χ0v) is 16.6. The molecule has 0 bridgehead atoms.